The fourth-order valence-corrected chi connectivity index (χ4v) is 2.98. The summed E-state index contributed by atoms with van der Waals surface area (Å²) in [5, 5.41) is 3.45. The van der Waals surface area contributed by atoms with Crippen molar-refractivity contribution in [1.82, 2.24) is 15.1 Å². The largest absolute Gasteiger partial charge is 0.484 e. The summed E-state index contributed by atoms with van der Waals surface area (Å²) in [4.78, 5) is 29.1. The lowest BCUT2D eigenvalue weighted by molar-refractivity contribution is -0.138. The third kappa shape index (κ3) is 6.50. The van der Waals surface area contributed by atoms with Crippen LogP contribution >= 0.6 is 11.6 Å². The fraction of sp³-hybridized carbons (Fsp3) is 0.579. The molecule has 0 spiro atoms. The molecule has 0 bridgehead atoms. The first-order valence-electron chi connectivity index (χ1n) is 9.00. The molecule has 26 heavy (non-hydrogen) atoms. The lowest BCUT2D eigenvalue weighted by atomic mass is 10.0. The second kappa shape index (κ2) is 9.78. The lowest BCUT2D eigenvalue weighted by Gasteiger charge is -2.35. The number of piperazine rings is 1. The number of nitrogens with zero attached hydrogens (tertiary/aromatic N) is 2. The minimum absolute atomic E-state index is 0.00774. The Morgan fingerprint density at radius 1 is 1.15 bits per heavy atom. The van der Waals surface area contributed by atoms with Crippen molar-refractivity contribution >= 4 is 23.4 Å². The van der Waals surface area contributed by atoms with Crippen molar-refractivity contribution in [3.8, 4) is 5.75 Å². The summed E-state index contributed by atoms with van der Waals surface area (Å²) < 4.78 is 5.47. The number of likely N-dealkylation sites (N-methyl/N-ethyl adjacent to an activating group) is 1. The summed E-state index contributed by atoms with van der Waals surface area (Å²) in [5.41, 5.74) is 0. The van der Waals surface area contributed by atoms with Gasteiger partial charge in [0.1, 0.15) is 11.8 Å². The van der Waals surface area contributed by atoms with Gasteiger partial charge in [0.15, 0.2) is 6.61 Å². The summed E-state index contributed by atoms with van der Waals surface area (Å²) in [7, 11) is 2.04. The third-order valence-corrected chi connectivity index (χ3v) is 4.59. The van der Waals surface area contributed by atoms with Crippen molar-refractivity contribution in [2.24, 2.45) is 5.92 Å². The van der Waals surface area contributed by atoms with E-state index in [0.717, 1.165) is 13.1 Å². The summed E-state index contributed by atoms with van der Waals surface area (Å²) in [6, 6.07) is 6.30. The van der Waals surface area contributed by atoms with Crippen LogP contribution in [0, 0.1) is 5.92 Å². The van der Waals surface area contributed by atoms with E-state index >= 15 is 0 Å². The van der Waals surface area contributed by atoms with Crippen LogP contribution in [0.2, 0.25) is 5.02 Å². The summed E-state index contributed by atoms with van der Waals surface area (Å²) in [6.45, 7) is 7.05. The number of carbonyl (C=O) groups excluding carboxylic acids is 2. The van der Waals surface area contributed by atoms with Crippen LogP contribution in [0.3, 0.4) is 0 Å². The zero-order chi connectivity index (χ0) is 19.1. The Bertz CT molecular complexity index is 599. The molecule has 0 unspecified atom stereocenters. The van der Waals surface area contributed by atoms with Crippen molar-refractivity contribution in [2.45, 2.75) is 26.3 Å². The van der Waals surface area contributed by atoms with Gasteiger partial charge in [0.2, 0.25) is 5.91 Å². The Morgan fingerprint density at radius 2 is 1.77 bits per heavy atom. The fourth-order valence-electron chi connectivity index (χ4n) is 2.86. The molecule has 2 rings (SSSR count). The molecular weight excluding hydrogens is 354 g/mol. The molecule has 0 aromatic heterocycles. The van der Waals surface area contributed by atoms with E-state index < -0.39 is 6.04 Å². The van der Waals surface area contributed by atoms with Gasteiger partial charge in [0, 0.05) is 31.2 Å². The van der Waals surface area contributed by atoms with Gasteiger partial charge in [-0.1, -0.05) is 25.4 Å². The molecule has 0 aliphatic carbocycles. The molecule has 1 fully saturated rings. The highest BCUT2D eigenvalue weighted by Gasteiger charge is 2.28. The Morgan fingerprint density at radius 3 is 2.35 bits per heavy atom. The highest BCUT2D eigenvalue weighted by Crippen LogP contribution is 2.15. The minimum Gasteiger partial charge on any atom is -0.484 e. The number of ether oxygens (including phenoxy) is 1. The molecule has 1 aliphatic heterocycles. The molecule has 7 heteroatoms. The van der Waals surface area contributed by atoms with Crippen LogP contribution in [0.4, 0.5) is 0 Å². The van der Waals surface area contributed by atoms with Crippen LogP contribution in [-0.4, -0.2) is 67.5 Å². The van der Waals surface area contributed by atoms with Crippen molar-refractivity contribution in [1.29, 1.82) is 0 Å². The van der Waals surface area contributed by atoms with Gasteiger partial charge in [-0.15, -0.1) is 0 Å². The van der Waals surface area contributed by atoms with Gasteiger partial charge in [-0.25, -0.2) is 0 Å². The lowest BCUT2D eigenvalue weighted by Crippen LogP contribution is -2.55. The molecule has 1 heterocycles. The quantitative estimate of drug-likeness (QED) is 0.785. The highest BCUT2D eigenvalue weighted by atomic mass is 35.5. The van der Waals surface area contributed by atoms with Crippen LogP contribution in [0.25, 0.3) is 0 Å². The third-order valence-electron chi connectivity index (χ3n) is 4.34. The van der Waals surface area contributed by atoms with Crippen LogP contribution in [0.15, 0.2) is 24.3 Å². The molecule has 1 aromatic rings. The molecule has 1 aliphatic rings. The van der Waals surface area contributed by atoms with E-state index in [2.05, 4.69) is 10.2 Å². The summed E-state index contributed by atoms with van der Waals surface area (Å²) in [6.07, 6.45) is 0.609. The number of hydrogen-bond donors (Lipinski definition) is 1. The number of rotatable bonds is 7. The van der Waals surface area contributed by atoms with E-state index in [1.807, 2.05) is 25.8 Å². The SMILES string of the molecule is CC(C)C[C@H](NC(=O)COc1ccc(Cl)cc1)C(=O)N1CCN(C)CC1. The number of carbonyl (C=O) groups is 2. The van der Waals surface area contributed by atoms with Crippen LogP contribution < -0.4 is 10.1 Å². The van der Waals surface area contributed by atoms with Gasteiger partial charge in [-0.3, -0.25) is 9.59 Å². The van der Waals surface area contributed by atoms with Gasteiger partial charge >= 0.3 is 0 Å². The van der Waals surface area contributed by atoms with Gasteiger partial charge in [0.25, 0.3) is 5.91 Å². The van der Waals surface area contributed by atoms with E-state index in [1.54, 1.807) is 24.3 Å². The molecule has 2 amide bonds. The second-order valence-electron chi connectivity index (χ2n) is 7.12. The number of halogens is 1. The maximum absolute atomic E-state index is 12.8. The zero-order valence-corrected chi connectivity index (χ0v) is 16.5. The van der Waals surface area contributed by atoms with Crippen LogP contribution in [-0.2, 0) is 9.59 Å². The van der Waals surface area contributed by atoms with Crippen molar-refractivity contribution in [3.63, 3.8) is 0 Å². The monoisotopic (exact) mass is 381 g/mol. The van der Waals surface area contributed by atoms with Crippen LogP contribution in [0.5, 0.6) is 5.75 Å². The average Bonchev–Trinajstić information content (AvgIpc) is 2.60. The van der Waals surface area contributed by atoms with Gasteiger partial charge in [0.05, 0.1) is 0 Å². The smallest absolute Gasteiger partial charge is 0.258 e. The Balaban J connectivity index is 1.90. The molecule has 1 saturated heterocycles. The predicted octanol–water partition coefficient (Wildman–Crippen LogP) is 2.02. The molecule has 0 radical (unpaired) electrons. The van der Waals surface area contributed by atoms with Crippen LogP contribution in [0.1, 0.15) is 20.3 Å². The molecule has 0 saturated carbocycles. The van der Waals surface area contributed by atoms with Crippen molar-refractivity contribution in [2.75, 3.05) is 39.8 Å². The molecule has 144 valence electrons. The van der Waals surface area contributed by atoms with E-state index in [9.17, 15) is 9.59 Å². The predicted molar refractivity (Wildman–Crippen MR) is 102 cm³/mol. The first kappa shape index (κ1) is 20.5. The Hall–Kier alpha value is -1.79. The highest BCUT2D eigenvalue weighted by molar-refractivity contribution is 6.30. The number of amides is 2. The Labute approximate surface area is 160 Å². The van der Waals surface area contributed by atoms with E-state index in [0.29, 0.717) is 36.2 Å². The molecule has 6 nitrogen and oxygen atoms in total. The van der Waals surface area contributed by atoms with Crippen molar-refractivity contribution in [3.05, 3.63) is 29.3 Å². The maximum atomic E-state index is 12.8. The molecule has 1 N–H and O–H groups in total. The first-order valence-corrected chi connectivity index (χ1v) is 9.38. The summed E-state index contributed by atoms with van der Waals surface area (Å²) >= 11 is 5.83. The molecular formula is C19H28ClN3O3. The maximum Gasteiger partial charge on any atom is 0.258 e. The standard InChI is InChI=1S/C19H28ClN3O3/c1-14(2)12-17(19(25)23-10-8-22(3)9-11-23)21-18(24)13-26-16-6-4-15(20)5-7-16/h4-7,14,17H,8-13H2,1-3H3,(H,21,24)/t17-/m0/s1. The molecule has 1 aromatic carbocycles. The second-order valence-corrected chi connectivity index (χ2v) is 7.56. The average molecular weight is 382 g/mol. The molecule has 1 atom stereocenters. The van der Waals surface area contributed by atoms with Gasteiger partial charge < -0.3 is 19.9 Å². The minimum atomic E-state index is -0.514. The number of hydrogen-bond acceptors (Lipinski definition) is 4. The Kier molecular flexibility index (Phi) is 7.72. The number of benzene rings is 1. The van der Waals surface area contributed by atoms with Gasteiger partial charge in [-0.2, -0.15) is 0 Å². The first-order chi connectivity index (χ1) is 12.3. The van der Waals surface area contributed by atoms with E-state index in [-0.39, 0.29) is 18.4 Å². The van der Waals surface area contributed by atoms with E-state index in [4.69, 9.17) is 16.3 Å². The van der Waals surface area contributed by atoms with Gasteiger partial charge in [-0.05, 0) is 43.7 Å². The zero-order valence-electron chi connectivity index (χ0n) is 15.7. The summed E-state index contributed by atoms with van der Waals surface area (Å²) in [5.74, 6) is 0.559. The normalized spacial score (nSPS) is 16.4. The topological polar surface area (TPSA) is 61.9 Å². The van der Waals surface area contributed by atoms with E-state index in [1.165, 1.54) is 0 Å². The van der Waals surface area contributed by atoms with Crippen molar-refractivity contribution < 1.29 is 14.3 Å². The number of nitrogens with one attached hydrogen (secondary N) is 1.